The van der Waals surface area contributed by atoms with Crippen molar-refractivity contribution in [3.8, 4) is 0 Å². The van der Waals surface area contributed by atoms with Crippen LogP contribution in [0.1, 0.15) is 44.9 Å². The summed E-state index contributed by atoms with van der Waals surface area (Å²) in [5.41, 5.74) is 1.81. The lowest BCUT2D eigenvalue weighted by Crippen LogP contribution is -2.38. The maximum atomic E-state index is 11.5. The number of carbonyl (C=O) groups is 2. The average molecular weight is 277 g/mol. The molecule has 1 unspecified atom stereocenters. The van der Waals surface area contributed by atoms with Crippen molar-refractivity contribution in [3.05, 3.63) is 35.4 Å². The van der Waals surface area contributed by atoms with Crippen molar-refractivity contribution >= 4 is 12.4 Å². The molecule has 0 aliphatic rings. The summed E-state index contributed by atoms with van der Waals surface area (Å²) in [5, 5.41) is 9.39. The molecule has 0 saturated carbocycles. The molecule has 0 aliphatic heterocycles. The summed E-state index contributed by atoms with van der Waals surface area (Å²) in [4.78, 5) is 23.9. The van der Waals surface area contributed by atoms with Crippen molar-refractivity contribution < 1.29 is 14.7 Å². The molecule has 110 valence electrons. The first-order chi connectivity index (χ1) is 9.36. The largest absolute Gasteiger partial charge is 0.479 e. The molecule has 0 bridgehead atoms. The van der Waals surface area contributed by atoms with Crippen LogP contribution in [0.3, 0.4) is 0 Å². The van der Waals surface area contributed by atoms with Crippen molar-refractivity contribution in [1.29, 1.82) is 0 Å². The van der Waals surface area contributed by atoms with Crippen LogP contribution in [0.5, 0.6) is 0 Å². The van der Waals surface area contributed by atoms with Gasteiger partial charge >= 0.3 is 5.97 Å². The summed E-state index contributed by atoms with van der Waals surface area (Å²) in [5.74, 6) is -0.458. The normalized spacial score (nSPS) is 12.5. The highest BCUT2D eigenvalue weighted by Gasteiger charge is 2.28. The predicted molar refractivity (Wildman–Crippen MR) is 78.4 cm³/mol. The topological polar surface area (TPSA) is 57.6 Å². The van der Waals surface area contributed by atoms with E-state index in [4.69, 9.17) is 0 Å². The minimum absolute atomic E-state index is 0.163. The van der Waals surface area contributed by atoms with Gasteiger partial charge in [-0.15, -0.1) is 0 Å². The number of hydrogen-bond donors (Lipinski definition) is 1. The smallest absolute Gasteiger partial charge is 0.331 e. The first kappa shape index (κ1) is 16.2. The molecule has 20 heavy (non-hydrogen) atoms. The second kappa shape index (κ2) is 7.08. The monoisotopic (exact) mass is 277 g/mol. The minimum atomic E-state index is -1.01. The van der Waals surface area contributed by atoms with Gasteiger partial charge in [-0.25, -0.2) is 4.79 Å². The third kappa shape index (κ3) is 4.08. The Bertz CT molecular complexity index is 451. The van der Waals surface area contributed by atoms with E-state index in [2.05, 4.69) is 13.8 Å². The summed E-state index contributed by atoms with van der Waals surface area (Å²) in [6.45, 7) is 7.89. The molecule has 1 rings (SSSR count). The summed E-state index contributed by atoms with van der Waals surface area (Å²) in [6, 6.07) is 6.39. The molecule has 1 N–H and O–H groups in total. The maximum Gasteiger partial charge on any atom is 0.331 e. The fourth-order valence-corrected chi connectivity index (χ4v) is 2.23. The Balaban J connectivity index is 3.04. The quantitative estimate of drug-likeness (QED) is 0.780. The maximum absolute atomic E-state index is 11.5. The van der Waals surface area contributed by atoms with E-state index < -0.39 is 12.0 Å². The number of amides is 1. The molecule has 0 heterocycles. The molecule has 1 aromatic carbocycles. The molecule has 0 saturated heterocycles. The van der Waals surface area contributed by atoms with E-state index in [1.807, 2.05) is 12.1 Å². The van der Waals surface area contributed by atoms with Gasteiger partial charge in [0.15, 0.2) is 6.04 Å². The van der Waals surface area contributed by atoms with Crippen molar-refractivity contribution in [2.24, 2.45) is 5.92 Å². The van der Waals surface area contributed by atoms with Gasteiger partial charge in [-0.2, -0.15) is 0 Å². The third-order valence-electron chi connectivity index (χ3n) is 3.19. The van der Waals surface area contributed by atoms with Gasteiger partial charge in [0.2, 0.25) is 6.41 Å². The highest BCUT2D eigenvalue weighted by molar-refractivity contribution is 5.78. The molecule has 0 aromatic heterocycles. The standard InChI is InChI=1S/C16H23NO3/c1-11(2)9-13-5-7-14(8-6-13)15(16(19)20)17(10-18)12(3)4/h5-8,10-12,15H,9H2,1-4H3,(H,19,20). The van der Waals surface area contributed by atoms with Gasteiger partial charge in [-0.1, -0.05) is 38.1 Å². The molecule has 0 spiro atoms. The highest BCUT2D eigenvalue weighted by Crippen LogP contribution is 2.23. The lowest BCUT2D eigenvalue weighted by molar-refractivity contribution is -0.147. The van der Waals surface area contributed by atoms with Gasteiger partial charge in [0.1, 0.15) is 0 Å². The molecule has 1 atom stereocenters. The molecule has 1 aromatic rings. The summed E-state index contributed by atoms with van der Waals surface area (Å²) >= 11 is 0. The van der Waals surface area contributed by atoms with Crippen LogP contribution >= 0.6 is 0 Å². The number of carboxylic acid groups (broad SMARTS) is 1. The van der Waals surface area contributed by atoms with Crippen LogP contribution in [0.4, 0.5) is 0 Å². The van der Waals surface area contributed by atoms with Crippen LogP contribution < -0.4 is 0 Å². The molecule has 4 heteroatoms. The first-order valence-electron chi connectivity index (χ1n) is 6.91. The number of aliphatic carboxylic acids is 1. The van der Waals surface area contributed by atoms with Gasteiger partial charge in [-0.3, -0.25) is 4.79 Å². The van der Waals surface area contributed by atoms with Gasteiger partial charge in [0.05, 0.1) is 0 Å². The Morgan fingerprint density at radius 1 is 1.20 bits per heavy atom. The fourth-order valence-electron chi connectivity index (χ4n) is 2.23. The molecule has 0 fully saturated rings. The highest BCUT2D eigenvalue weighted by atomic mass is 16.4. The molecule has 4 nitrogen and oxygen atoms in total. The number of carboxylic acids is 1. The lowest BCUT2D eigenvalue weighted by atomic mass is 9.98. The van der Waals surface area contributed by atoms with Crippen LogP contribution in [-0.4, -0.2) is 28.4 Å². The van der Waals surface area contributed by atoms with Crippen molar-refractivity contribution in [1.82, 2.24) is 4.90 Å². The van der Waals surface area contributed by atoms with E-state index in [-0.39, 0.29) is 6.04 Å². The van der Waals surface area contributed by atoms with E-state index in [9.17, 15) is 14.7 Å². The van der Waals surface area contributed by atoms with E-state index in [0.29, 0.717) is 17.9 Å². The minimum Gasteiger partial charge on any atom is -0.479 e. The van der Waals surface area contributed by atoms with Crippen LogP contribution in [-0.2, 0) is 16.0 Å². The molecule has 0 radical (unpaired) electrons. The van der Waals surface area contributed by atoms with Crippen molar-refractivity contribution in [3.63, 3.8) is 0 Å². The Morgan fingerprint density at radius 2 is 1.75 bits per heavy atom. The summed E-state index contributed by atoms with van der Waals surface area (Å²) < 4.78 is 0. The van der Waals surface area contributed by atoms with Gasteiger partial charge < -0.3 is 10.0 Å². The Kier molecular flexibility index (Phi) is 5.74. The number of nitrogens with zero attached hydrogens (tertiary/aromatic N) is 1. The zero-order valence-electron chi connectivity index (χ0n) is 12.5. The predicted octanol–water partition coefficient (Wildman–Crippen LogP) is 2.88. The number of benzene rings is 1. The van der Waals surface area contributed by atoms with E-state index in [1.54, 1.807) is 26.0 Å². The Labute approximate surface area is 120 Å². The van der Waals surface area contributed by atoms with E-state index in [0.717, 1.165) is 6.42 Å². The SMILES string of the molecule is CC(C)Cc1ccc(C(C(=O)O)N(C=O)C(C)C)cc1. The summed E-state index contributed by atoms with van der Waals surface area (Å²) in [6.07, 6.45) is 1.56. The molecule has 1 amide bonds. The Morgan fingerprint density at radius 3 is 2.10 bits per heavy atom. The number of rotatable bonds is 7. The van der Waals surface area contributed by atoms with Crippen LogP contribution in [0.2, 0.25) is 0 Å². The second-order valence-electron chi connectivity index (χ2n) is 5.73. The van der Waals surface area contributed by atoms with E-state index >= 15 is 0 Å². The van der Waals surface area contributed by atoms with E-state index in [1.165, 1.54) is 10.5 Å². The zero-order chi connectivity index (χ0) is 15.3. The van der Waals surface area contributed by atoms with Gasteiger partial charge in [-0.05, 0) is 37.3 Å². The lowest BCUT2D eigenvalue weighted by Gasteiger charge is -2.29. The van der Waals surface area contributed by atoms with Crippen molar-refractivity contribution in [2.75, 3.05) is 0 Å². The number of hydrogen-bond acceptors (Lipinski definition) is 2. The molecule has 0 aliphatic carbocycles. The molecular weight excluding hydrogens is 254 g/mol. The van der Waals surface area contributed by atoms with Crippen molar-refractivity contribution in [2.45, 2.75) is 46.2 Å². The van der Waals surface area contributed by atoms with Crippen LogP contribution in [0, 0.1) is 5.92 Å². The number of carbonyl (C=O) groups excluding carboxylic acids is 1. The fraction of sp³-hybridized carbons (Fsp3) is 0.500. The third-order valence-corrected chi connectivity index (χ3v) is 3.19. The second-order valence-corrected chi connectivity index (χ2v) is 5.73. The van der Waals surface area contributed by atoms with Gasteiger partial charge in [0.25, 0.3) is 0 Å². The Hall–Kier alpha value is -1.84. The first-order valence-corrected chi connectivity index (χ1v) is 6.91. The zero-order valence-corrected chi connectivity index (χ0v) is 12.5. The average Bonchev–Trinajstić information content (AvgIpc) is 2.35. The summed E-state index contributed by atoms with van der Waals surface area (Å²) in [7, 11) is 0. The molecular formula is C16H23NO3. The van der Waals surface area contributed by atoms with Gasteiger partial charge in [0, 0.05) is 6.04 Å². The van der Waals surface area contributed by atoms with Crippen LogP contribution in [0.15, 0.2) is 24.3 Å². The van der Waals surface area contributed by atoms with Crippen LogP contribution in [0.25, 0.3) is 0 Å².